The van der Waals surface area contributed by atoms with Gasteiger partial charge in [-0.3, -0.25) is 4.79 Å². The van der Waals surface area contributed by atoms with Crippen LogP contribution in [-0.2, 0) is 4.79 Å². The second-order valence-electron chi connectivity index (χ2n) is 6.18. The van der Waals surface area contributed by atoms with E-state index in [9.17, 15) is 9.59 Å². The quantitative estimate of drug-likeness (QED) is 0.322. The van der Waals surface area contributed by atoms with E-state index in [0.717, 1.165) is 37.5 Å². The molecule has 1 heterocycles. The van der Waals surface area contributed by atoms with Crippen LogP contribution in [0.3, 0.4) is 0 Å². The van der Waals surface area contributed by atoms with Crippen LogP contribution >= 0.6 is 0 Å². The van der Waals surface area contributed by atoms with Crippen molar-refractivity contribution in [3.63, 3.8) is 0 Å². The minimum absolute atomic E-state index is 0.116. The fourth-order valence-electron chi connectivity index (χ4n) is 2.79. The Morgan fingerprint density at radius 2 is 2.12 bits per heavy atom. The number of unbranched alkanes of at least 4 members (excludes halogenated alkanes) is 3. The molecule has 6 heteroatoms. The Balaban J connectivity index is 2.03. The number of nitrogen functional groups attached to an aromatic ring is 1. The van der Waals surface area contributed by atoms with Gasteiger partial charge < -0.3 is 24.9 Å². The first-order valence-corrected chi connectivity index (χ1v) is 8.56. The van der Waals surface area contributed by atoms with Gasteiger partial charge in [0.2, 0.25) is 0 Å². The van der Waals surface area contributed by atoms with Gasteiger partial charge in [0.15, 0.2) is 11.5 Å². The average Bonchev–Trinajstić information content (AvgIpc) is 3.04. The Morgan fingerprint density at radius 1 is 1.32 bits per heavy atom. The van der Waals surface area contributed by atoms with Crippen molar-refractivity contribution in [1.82, 2.24) is 4.90 Å². The number of rotatable bonds is 9. The monoisotopic (exact) mass is 346 g/mol. The molecule has 1 aliphatic heterocycles. The van der Waals surface area contributed by atoms with Crippen LogP contribution in [-0.4, -0.2) is 43.9 Å². The molecule has 25 heavy (non-hydrogen) atoms. The number of aldehydes is 1. The van der Waals surface area contributed by atoms with Gasteiger partial charge in [0.25, 0.3) is 5.91 Å². The Labute approximate surface area is 148 Å². The van der Waals surface area contributed by atoms with Crippen molar-refractivity contribution in [2.45, 2.75) is 32.1 Å². The van der Waals surface area contributed by atoms with E-state index in [2.05, 4.69) is 6.58 Å². The lowest BCUT2D eigenvalue weighted by Crippen LogP contribution is -2.28. The zero-order valence-corrected chi connectivity index (χ0v) is 14.8. The molecule has 0 saturated carbocycles. The smallest absolute Gasteiger partial charge is 0.256 e. The number of anilines is 1. The van der Waals surface area contributed by atoms with Crippen LogP contribution in [0.15, 0.2) is 24.3 Å². The number of methoxy groups -OCH3 is 1. The summed E-state index contributed by atoms with van der Waals surface area (Å²) in [7, 11) is 1.54. The highest BCUT2D eigenvalue weighted by atomic mass is 16.5. The molecule has 2 rings (SSSR count). The predicted molar refractivity (Wildman–Crippen MR) is 97.1 cm³/mol. The van der Waals surface area contributed by atoms with E-state index < -0.39 is 0 Å². The second-order valence-corrected chi connectivity index (χ2v) is 6.18. The van der Waals surface area contributed by atoms with Crippen molar-refractivity contribution < 1.29 is 19.1 Å². The van der Waals surface area contributed by atoms with Gasteiger partial charge in [-0.2, -0.15) is 0 Å². The van der Waals surface area contributed by atoms with Gasteiger partial charge in [0.05, 0.1) is 19.3 Å². The van der Waals surface area contributed by atoms with E-state index in [1.807, 2.05) is 0 Å². The van der Waals surface area contributed by atoms with Gasteiger partial charge >= 0.3 is 0 Å². The lowest BCUT2D eigenvalue weighted by atomic mass is 10.1. The van der Waals surface area contributed by atoms with Gasteiger partial charge in [0, 0.05) is 31.3 Å². The molecule has 0 spiro atoms. The highest BCUT2D eigenvalue weighted by Gasteiger charge is 2.24. The molecule has 0 aliphatic carbocycles. The Bertz CT molecular complexity index is 643. The first-order valence-electron chi connectivity index (χ1n) is 8.56. The maximum absolute atomic E-state index is 12.6. The van der Waals surface area contributed by atoms with Crippen LogP contribution in [0.25, 0.3) is 0 Å². The molecule has 136 valence electrons. The molecule has 0 atom stereocenters. The summed E-state index contributed by atoms with van der Waals surface area (Å²) in [6, 6.07) is 3.28. The molecule has 1 aromatic carbocycles. The maximum atomic E-state index is 12.6. The molecule has 6 nitrogen and oxygen atoms in total. The molecule has 1 fully saturated rings. The molecule has 1 aliphatic rings. The number of nitrogens with zero attached hydrogens (tertiary/aromatic N) is 1. The zero-order valence-electron chi connectivity index (χ0n) is 14.8. The van der Waals surface area contributed by atoms with E-state index in [1.165, 1.54) is 7.11 Å². The zero-order chi connectivity index (χ0) is 18.2. The van der Waals surface area contributed by atoms with E-state index in [-0.39, 0.29) is 5.91 Å². The summed E-state index contributed by atoms with van der Waals surface area (Å²) in [5, 5.41) is 0. The third-order valence-corrected chi connectivity index (χ3v) is 4.23. The number of likely N-dealkylation sites (tertiary alicyclic amines) is 1. The molecule has 0 radical (unpaired) electrons. The van der Waals surface area contributed by atoms with E-state index in [4.69, 9.17) is 15.2 Å². The summed E-state index contributed by atoms with van der Waals surface area (Å²) in [4.78, 5) is 24.7. The number of amides is 1. The van der Waals surface area contributed by atoms with Crippen molar-refractivity contribution >= 4 is 17.9 Å². The minimum atomic E-state index is -0.116. The lowest BCUT2D eigenvalue weighted by Gasteiger charge is -2.18. The van der Waals surface area contributed by atoms with Crippen molar-refractivity contribution in [1.29, 1.82) is 0 Å². The number of hydrogen-bond donors (Lipinski definition) is 1. The fourth-order valence-corrected chi connectivity index (χ4v) is 2.79. The fraction of sp³-hybridized carbons (Fsp3) is 0.474. The van der Waals surface area contributed by atoms with Crippen molar-refractivity contribution in [3.05, 3.63) is 29.8 Å². The highest BCUT2D eigenvalue weighted by molar-refractivity contribution is 6.00. The number of hydrogen-bond acceptors (Lipinski definition) is 5. The van der Waals surface area contributed by atoms with Crippen molar-refractivity contribution in [2.24, 2.45) is 0 Å². The van der Waals surface area contributed by atoms with E-state index >= 15 is 0 Å². The van der Waals surface area contributed by atoms with Crippen molar-refractivity contribution in [3.8, 4) is 11.5 Å². The predicted octanol–water partition coefficient (Wildman–Crippen LogP) is 2.82. The van der Waals surface area contributed by atoms with E-state index in [1.54, 1.807) is 17.0 Å². The number of benzene rings is 1. The summed E-state index contributed by atoms with van der Waals surface area (Å²) >= 11 is 0. The standard InChI is InChI=1S/C19H26N2O4/c1-14-7-8-21(13-14)19(23)15-11-17(24-2)18(12-16(15)20)25-10-6-4-3-5-9-22/h9,11-12H,1,3-8,10,13,20H2,2H3. The molecular weight excluding hydrogens is 320 g/mol. The van der Waals surface area contributed by atoms with Crippen molar-refractivity contribution in [2.75, 3.05) is 32.5 Å². The molecular formula is C19H26N2O4. The first-order chi connectivity index (χ1) is 12.1. The van der Waals surface area contributed by atoms with Crippen LogP contribution in [0, 0.1) is 0 Å². The number of ether oxygens (including phenoxy) is 2. The Morgan fingerprint density at radius 3 is 2.76 bits per heavy atom. The third kappa shape index (κ3) is 4.98. The van der Waals surface area contributed by atoms with Gasteiger partial charge in [0.1, 0.15) is 6.29 Å². The summed E-state index contributed by atoms with van der Waals surface area (Å²) in [5.74, 6) is 0.899. The summed E-state index contributed by atoms with van der Waals surface area (Å²) in [5.41, 5.74) is 7.92. The van der Waals surface area contributed by atoms with Crippen LogP contribution in [0.2, 0.25) is 0 Å². The van der Waals surface area contributed by atoms with Gasteiger partial charge in [-0.05, 0) is 31.7 Å². The highest BCUT2D eigenvalue weighted by Crippen LogP contribution is 2.33. The first kappa shape index (κ1) is 18.8. The molecule has 0 bridgehead atoms. The maximum Gasteiger partial charge on any atom is 0.256 e. The number of nitrogens with two attached hydrogens (primary N) is 1. The normalized spacial score (nSPS) is 13.8. The van der Waals surface area contributed by atoms with Gasteiger partial charge in [-0.1, -0.05) is 12.2 Å². The Hall–Kier alpha value is -2.50. The SMILES string of the molecule is C=C1CCN(C(=O)c2cc(OC)c(OCCCCCC=O)cc2N)C1. The van der Waals surface area contributed by atoms with Crippen LogP contribution in [0.5, 0.6) is 11.5 Å². The molecule has 1 saturated heterocycles. The van der Waals surface area contributed by atoms with Crippen LogP contribution in [0.4, 0.5) is 5.69 Å². The van der Waals surface area contributed by atoms with Crippen LogP contribution in [0.1, 0.15) is 42.5 Å². The van der Waals surface area contributed by atoms with Crippen LogP contribution < -0.4 is 15.2 Å². The summed E-state index contributed by atoms with van der Waals surface area (Å²) in [6.45, 7) is 5.66. The largest absolute Gasteiger partial charge is 0.493 e. The number of carbonyl (C=O) groups excluding carboxylic acids is 2. The molecule has 1 aromatic rings. The minimum Gasteiger partial charge on any atom is -0.493 e. The molecule has 1 amide bonds. The van der Waals surface area contributed by atoms with Gasteiger partial charge in [-0.15, -0.1) is 0 Å². The second kappa shape index (κ2) is 9.11. The molecule has 2 N–H and O–H groups in total. The molecule has 0 aromatic heterocycles. The van der Waals surface area contributed by atoms with E-state index in [0.29, 0.717) is 48.9 Å². The molecule has 0 unspecified atom stereocenters. The summed E-state index contributed by atoms with van der Waals surface area (Å²) < 4.78 is 11.1. The summed E-state index contributed by atoms with van der Waals surface area (Å²) in [6.07, 6.45) is 4.96. The number of carbonyl (C=O) groups is 2. The Kier molecular flexibility index (Phi) is 6.86. The van der Waals surface area contributed by atoms with Gasteiger partial charge in [-0.25, -0.2) is 0 Å². The lowest BCUT2D eigenvalue weighted by molar-refractivity contribution is -0.107. The topological polar surface area (TPSA) is 81.9 Å². The average molecular weight is 346 g/mol. The third-order valence-electron chi connectivity index (χ3n) is 4.23.